The maximum Gasteiger partial charge on any atom is 0.276 e. The predicted octanol–water partition coefficient (Wildman–Crippen LogP) is 1.22. The highest BCUT2D eigenvalue weighted by Crippen LogP contribution is 2.15. The quantitative estimate of drug-likeness (QED) is 0.858. The average molecular weight is 298 g/mol. The summed E-state index contributed by atoms with van der Waals surface area (Å²) in [6, 6.07) is 8.08. The monoisotopic (exact) mass is 298 g/mol. The van der Waals surface area contributed by atoms with Gasteiger partial charge in [-0.15, -0.1) is 0 Å². The molecule has 6 heteroatoms. The molecular formula is C14H22N2O3S. The Morgan fingerprint density at radius 2 is 2.05 bits per heavy atom. The Kier molecular flexibility index (Phi) is 5.15. The molecule has 112 valence electrons. The van der Waals surface area contributed by atoms with Crippen molar-refractivity contribution in [3.05, 3.63) is 35.4 Å². The van der Waals surface area contributed by atoms with Crippen LogP contribution in [-0.2, 0) is 21.4 Å². The maximum atomic E-state index is 11.6. The second-order valence-electron chi connectivity index (χ2n) is 5.27. The minimum absolute atomic E-state index is 0.0219. The van der Waals surface area contributed by atoms with Gasteiger partial charge in [0.1, 0.15) is 0 Å². The predicted molar refractivity (Wildman–Crippen MR) is 78.5 cm³/mol. The van der Waals surface area contributed by atoms with Gasteiger partial charge in [0.25, 0.3) is 10.2 Å². The lowest BCUT2D eigenvalue weighted by molar-refractivity contribution is 0.0939. The van der Waals surface area contributed by atoms with Crippen LogP contribution >= 0.6 is 0 Å². The van der Waals surface area contributed by atoms with E-state index < -0.39 is 10.2 Å². The van der Waals surface area contributed by atoms with Crippen LogP contribution in [0.5, 0.6) is 0 Å². The molecule has 0 aliphatic carbocycles. The summed E-state index contributed by atoms with van der Waals surface area (Å²) in [4.78, 5) is 0. The first-order valence-corrected chi connectivity index (χ1v) is 8.40. The number of nitrogens with zero attached hydrogens (tertiary/aromatic N) is 1. The molecule has 0 spiro atoms. The van der Waals surface area contributed by atoms with E-state index in [0.29, 0.717) is 26.1 Å². The molecule has 0 saturated carbocycles. The number of ether oxygens (including phenoxy) is 1. The van der Waals surface area contributed by atoms with Crippen molar-refractivity contribution < 1.29 is 13.2 Å². The summed E-state index contributed by atoms with van der Waals surface area (Å²) in [6.45, 7) is 3.48. The third-order valence-corrected chi connectivity index (χ3v) is 4.61. The smallest absolute Gasteiger partial charge is 0.276 e. The topological polar surface area (TPSA) is 72.6 Å². The standard InChI is InChI=1S/C14H22N2O3S/c1-12-4-6-13(7-5-12)8-9-16(20(15,17)18)11-14-3-2-10-19-14/h4-7,14H,2-3,8-11H2,1H3,(H2,15,17,18)/t14-/m0/s1. The van der Waals surface area contributed by atoms with Crippen LogP contribution in [0, 0.1) is 6.92 Å². The summed E-state index contributed by atoms with van der Waals surface area (Å²) in [5, 5.41) is 5.29. The van der Waals surface area contributed by atoms with Crippen LogP contribution in [0.4, 0.5) is 0 Å². The van der Waals surface area contributed by atoms with Crippen LogP contribution in [0.1, 0.15) is 24.0 Å². The lowest BCUT2D eigenvalue weighted by Crippen LogP contribution is -2.42. The van der Waals surface area contributed by atoms with E-state index in [-0.39, 0.29) is 6.10 Å². The SMILES string of the molecule is Cc1ccc(CCN(C[C@@H]2CCCO2)S(N)(=O)=O)cc1. The van der Waals surface area contributed by atoms with Gasteiger partial charge in [0.05, 0.1) is 6.10 Å². The molecule has 1 heterocycles. The molecular weight excluding hydrogens is 276 g/mol. The molecule has 1 aliphatic heterocycles. The second kappa shape index (κ2) is 6.67. The first-order valence-electron chi connectivity index (χ1n) is 6.90. The molecule has 1 saturated heterocycles. The Morgan fingerprint density at radius 1 is 1.35 bits per heavy atom. The normalized spacial score (nSPS) is 19.6. The number of hydrogen-bond acceptors (Lipinski definition) is 3. The Bertz CT molecular complexity index is 522. The molecule has 0 bridgehead atoms. The van der Waals surface area contributed by atoms with Crippen LogP contribution in [0.15, 0.2) is 24.3 Å². The van der Waals surface area contributed by atoms with Gasteiger partial charge < -0.3 is 4.74 Å². The molecule has 20 heavy (non-hydrogen) atoms. The largest absolute Gasteiger partial charge is 0.377 e. The van der Waals surface area contributed by atoms with Gasteiger partial charge in [-0.05, 0) is 31.7 Å². The van der Waals surface area contributed by atoms with Crippen molar-refractivity contribution in [1.29, 1.82) is 0 Å². The van der Waals surface area contributed by atoms with E-state index in [1.165, 1.54) is 9.87 Å². The van der Waals surface area contributed by atoms with Crippen molar-refractivity contribution in [2.24, 2.45) is 5.14 Å². The third kappa shape index (κ3) is 4.56. The third-order valence-electron chi connectivity index (χ3n) is 3.56. The molecule has 0 radical (unpaired) electrons. The Labute approximate surface area is 120 Å². The fourth-order valence-electron chi connectivity index (χ4n) is 2.35. The Morgan fingerprint density at radius 3 is 2.60 bits per heavy atom. The molecule has 0 aromatic heterocycles. The van der Waals surface area contributed by atoms with Gasteiger partial charge in [0.15, 0.2) is 0 Å². The van der Waals surface area contributed by atoms with E-state index in [1.807, 2.05) is 31.2 Å². The van der Waals surface area contributed by atoms with Crippen LogP contribution < -0.4 is 5.14 Å². The molecule has 2 N–H and O–H groups in total. The van der Waals surface area contributed by atoms with Crippen LogP contribution in [0.2, 0.25) is 0 Å². The van der Waals surface area contributed by atoms with Crippen molar-refractivity contribution in [3.8, 4) is 0 Å². The zero-order chi connectivity index (χ0) is 14.6. The van der Waals surface area contributed by atoms with Crippen molar-refractivity contribution in [3.63, 3.8) is 0 Å². The first kappa shape index (κ1) is 15.4. The first-order chi connectivity index (χ1) is 9.45. The fourth-order valence-corrected chi connectivity index (χ4v) is 3.07. The Balaban J connectivity index is 1.95. The summed E-state index contributed by atoms with van der Waals surface area (Å²) < 4.78 is 30.1. The highest BCUT2D eigenvalue weighted by molar-refractivity contribution is 7.86. The van der Waals surface area contributed by atoms with Gasteiger partial charge in [-0.2, -0.15) is 12.7 Å². The number of rotatable bonds is 6. The summed E-state index contributed by atoms with van der Waals surface area (Å²) in [7, 11) is -3.68. The lowest BCUT2D eigenvalue weighted by Gasteiger charge is -2.22. The molecule has 1 fully saturated rings. The minimum Gasteiger partial charge on any atom is -0.377 e. The molecule has 0 amide bonds. The van der Waals surface area contributed by atoms with E-state index in [9.17, 15) is 8.42 Å². The molecule has 0 unspecified atom stereocenters. The maximum absolute atomic E-state index is 11.6. The summed E-state index contributed by atoms with van der Waals surface area (Å²) in [6.07, 6.45) is 2.52. The van der Waals surface area contributed by atoms with E-state index in [4.69, 9.17) is 9.88 Å². The molecule has 1 aliphatic rings. The van der Waals surface area contributed by atoms with Crippen molar-refractivity contribution in [1.82, 2.24) is 4.31 Å². The second-order valence-corrected chi connectivity index (χ2v) is 6.82. The van der Waals surface area contributed by atoms with Crippen molar-refractivity contribution in [2.75, 3.05) is 19.7 Å². The summed E-state index contributed by atoms with van der Waals surface area (Å²) in [5.41, 5.74) is 2.30. The molecule has 1 atom stereocenters. The number of hydrogen-bond donors (Lipinski definition) is 1. The Hall–Kier alpha value is -0.950. The van der Waals surface area contributed by atoms with Crippen LogP contribution in [0.25, 0.3) is 0 Å². The zero-order valence-corrected chi connectivity index (χ0v) is 12.6. The van der Waals surface area contributed by atoms with E-state index in [2.05, 4.69) is 0 Å². The van der Waals surface area contributed by atoms with Gasteiger partial charge in [-0.25, -0.2) is 5.14 Å². The van der Waals surface area contributed by atoms with Crippen molar-refractivity contribution in [2.45, 2.75) is 32.3 Å². The molecule has 1 aromatic carbocycles. The summed E-state index contributed by atoms with van der Waals surface area (Å²) >= 11 is 0. The number of aryl methyl sites for hydroxylation is 1. The fraction of sp³-hybridized carbons (Fsp3) is 0.571. The number of nitrogens with two attached hydrogens (primary N) is 1. The highest BCUT2D eigenvalue weighted by atomic mass is 32.2. The average Bonchev–Trinajstić information content (AvgIpc) is 2.88. The van der Waals surface area contributed by atoms with E-state index in [1.54, 1.807) is 0 Å². The van der Waals surface area contributed by atoms with Gasteiger partial charge >= 0.3 is 0 Å². The molecule has 5 nitrogen and oxygen atoms in total. The highest BCUT2D eigenvalue weighted by Gasteiger charge is 2.24. The van der Waals surface area contributed by atoms with Crippen molar-refractivity contribution >= 4 is 10.2 Å². The van der Waals surface area contributed by atoms with Gasteiger partial charge in [-0.3, -0.25) is 0 Å². The molecule has 1 aromatic rings. The summed E-state index contributed by atoms with van der Waals surface area (Å²) in [5.74, 6) is 0. The number of benzene rings is 1. The van der Waals surface area contributed by atoms with Gasteiger partial charge in [-0.1, -0.05) is 29.8 Å². The van der Waals surface area contributed by atoms with Crippen LogP contribution in [-0.4, -0.2) is 38.5 Å². The minimum atomic E-state index is -3.68. The molecule has 2 rings (SSSR count). The van der Waals surface area contributed by atoms with E-state index >= 15 is 0 Å². The van der Waals surface area contributed by atoms with E-state index in [0.717, 1.165) is 18.4 Å². The zero-order valence-electron chi connectivity index (χ0n) is 11.8. The van der Waals surface area contributed by atoms with Crippen LogP contribution in [0.3, 0.4) is 0 Å². The lowest BCUT2D eigenvalue weighted by atomic mass is 10.1. The van der Waals surface area contributed by atoms with Gasteiger partial charge in [0.2, 0.25) is 0 Å². The van der Waals surface area contributed by atoms with Gasteiger partial charge in [0, 0.05) is 19.7 Å².